The second-order valence-electron chi connectivity index (χ2n) is 23.5. The maximum atomic E-state index is 14.4. The minimum Gasteiger partial charge on any atom is -0.460 e. The Labute approximate surface area is 485 Å². The van der Waals surface area contributed by atoms with E-state index in [1.807, 2.05) is 58.1 Å². The van der Waals surface area contributed by atoms with Crippen LogP contribution in [0.3, 0.4) is 0 Å². The van der Waals surface area contributed by atoms with Crippen LogP contribution in [0.2, 0.25) is 0 Å². The highest BCUT2D eigenvalue weighted by Crippen LogP contribution is 2.42. The molecule has 0 unspecified atom stereocenters. The number of esters is 1. The largest absolute Gasteiger partial charge is 0.460 e. The summed E-state index contributed by atoms with van der Waals surface area (Å²) in [5.74, 6) is -11.8. The second-order valence-corrected chi connectivity index (χ2v) is 23.5. The zero-order valence-corrected chi connectivity index (χ0v) is 49.6. The lowest BCUT2D eigenvalue weighted by molar-refractivity contribution is -0.265. The third-order valence-corrected chi connectivity index (χ3v) is 17.1. The number of carbonyl (C=O) groups excluding carboxylic acids is 5. The summed E-state index contributed by atoms with van der Waals surface area (Å²) in [6.07, 6.45) is 6.50. The van der Waals surface area contributed by atoms with E-state index < -0.39 is 121 Å². The zero-order valence-electron chi connectivity index (χ0n) is 49.6. The lowest BCUT2D eigenvalue weighted by atomic mass is 9.78. The molecule has 1 aromatic heterocycles. The number of alkyl halides is 2. The van der Waals surface area contributed by atoms with E-state index in [0.29, 0.717) is 67.9 Å². The Kier molecular flexibility index (Phi) is 25.6. The lowest BCUT2D eigenvalue weighted by Gasteiger charge is -2.42. The number of hydrogen-bond donors (Lipinski definition) is 6. The van der Waals surface area contributed by atoms with Gasteiger partial charge < -0.3 is 64.6 Å². The number of ketones is 3. The quantitative estimate of drug-likeness (QED) is 0.115. The van der Waals surface area contributed by atoms with Gasteiger partial charge in [-0.25, -0.2) is 9.59 Å². The monoisotopic (exact) mass is 1180 g/mol. The van der Waals surface area contributed by atoms with E-state index in [0.717, 1.165) is 24.3 Å². The number of aliphatic hydroxyl groups is 5. The Morgan fingerprint density at radius 2 is 1.59 bits per heavy atom. The number of nitrogens with two attached hydrogens (primary N) is 1. The Morgan fingerprint density at radius 1 is 0.880 bits per heavy atom. The highest BCUT2D eigenvalue weighted by Gasteiger charge is 2.59. The molecule has 1 aliphatic carbocycles. The molecule has 0 aromatic carbocycles. The van der Waals surface area contributed by atoms with Crippen molar-refractivity contribution in [1.82, 2.24) is 14.5 Å². The maximum Gasteiger partial charge on any atom is 0.351 e. The number of carbonyl (C=O) groups is 5. The van der Waals surface area contributed by atoms with Crippen molar-refractivity contribution in [2.45, 2.75) is 204 Å². The molecule has 18 atom stereocenters. The molecule has 4 fully saturated rings. The highest BCUT2D eigenvalue weighted by atomic mass is 19.3. The summed E-state index contributed by atoms with van der Waals surface area (Å²) in [7, 11) is 4.52. The van der Waals surface area contributed by atoms with Crippen molar-refractivity contribution >= 4 is 35.0 Å². The molecule has 0 spiro atoms. The van der Waals surface area contributed by atoms with Crippen molar-refractivity contribution in [3.05, 3.63) is 70.3 Å². The van der Waals surface area contributed by atoms with Crippen LogP contribution in [0.1, 0.15) is 132 Å². The Morgan fingerprint density at radius 3 is 2.23 bits per heavy atom. The van der Waals surface area contributed by atoms with Gasteiger partial charge in [-0.05, 0) is 113 Å². The minimum atomic E-state index is -3.71. The van der Waals surface area contributed by atoms with Crippen molar-refractivity contribution in [1.29, 1.82) is 0 Å². The number of halogens is 2. The summed E-state index contributed by atoms with van der Waals surface area (Å²) < 4.78 is 62.1. The summed E-state index contributed by atoms with van der Waals surface area (Å²) in [5.41, 5.74) is 5.48. The van der Waals surface area contributed by atoms with Crippen LogP contribution in [0.25, 0.3) is 0 Å². The van der Waals surface area contributed by atoms with Gasteiger partial charge in [0.25, 0.3) is 11.7 Å². The number of Topliss-reactive ketones (excluding diaryl/α,β-unsaturated/α-hetero) is 3. The first-order valence-corrected chi connectivity index (χ1v) is 29.0. The summed E-state index contributed by atoms with van der Waals surface area (Å²) in [4.78, 5) is 86.5. The number of anilines is 1. The van der Waals surface area contributed by atoms with E-state index in [9.17, 15) is 58.0 Å². The topological polar surface area (TPSA) is 306 Å². The number of aliphatic hydroxyl groups excluding tert-OH is 4. The third kappa shape index (κ3) is 17.4. The van der Waals surface area contributed by atoms with Crippen LogP contribution in [-0.2, 0) is 52.4 Å². The Bertz CT molecular complexity index is 2560. The smallest absolute Gasteiger partial charge is 0.351 e. The van der Waals surface area contributed by atoms with Crippen LogP contribution in [0.4, 0.5) is 14.6 Å². The summed E-state index contributed by atoms with van der Waals surface area (Å²) in [5, 5.41) is 51.9. The normalized spacial score (nSPS) is 38.3. The maximum absolute atomic E-state index is 14.4. The van der Waals surface area contributed by atoms with Crippen LogP contribution < -0.4 is 11.4 Å². The van der Waals surface area contributed by atoms with Crippen molar-refractivity contribution < 1.29 is 86.7 Å². The van der Waals surface area contributed by atoms with Gasteiger partial charge in [0.05, 0.1) is 31.0 Å². The van der Waals surface area contributed by atoms with E-state index in [1.165, 1.54) is 12.0 Å². The van der Waals surface area contributed by atoms with E-state index >= 15 is 0 Å². The highest BCUT2D eigenvalue weighted by molar-refractivity contribution is 6.39. The minimum absolute atomic E-state index is 0.0193. The van der Waals surface area contributed by atoms with Crippen molar-refractivity contribution in [2.24, 2.45) is 35.5 Å². The summed E-state index contributed by atoms with van der Waals surface area (Å²) >= 11 is 0. The molecule has 1 saturated carbocycles. The first kappa shape index (κ1) is 68.8. The fraction of sp³-hybridized carbons (Fsp3) is 0.717. The number of allylic oxidation sites excluding steroid dienone is 6. The van der Waals surface area contributed by atoms with Gasteiger partial charge in [-0.3, -0.25) is 23.7 Å². The van der Waals surface area contributed by atoms with Gasteiger partial charge in [-0.1, -0.05) is 71.1 Å². The number of hydrogen-bond acceptors (Lipinski definition) is 19. The number of methoxy groups -OCH3 is 3. The number of piperidine rings is 1. The number of aromatic nitrogens is 2. The Hall–Kier alpha value is -4.95. The van der Waals surface area contributed by atoms with Gasteiger partial charge in [0.2, 0.25) is 12.0 Å². The number of ether oxygens (including phenoxy) is 6. The molecule has 21 nitrogen and oxygen atoms in total. The van der Waals surface area contributed by atoms with Crippen LogP contribution >= 0.6 is 0 Å². The van der Waals surface area contributed by atoms with E-state index in [2.05, 4.69) is 4.98 Å². The van der Waals surface area contributed by atoms with E-state index in [4.69, 9.17) is 39.3 Å². The average molecular weight is 1180 g/mol. The SMILES string of the molecule is CO[C@H]1C[C@@H]2CC[C@@H](C)[C@@](O)(O2)C(=O)C(=O)N2CCCC[C@H]2C(=O)O[C@H]([C@H](C)C[C@@H]2CC[C@@H](O)[C@H](OC)C2)CC(=O)[C@H](C)/C=C(\C)[C@@H](O)[C@@H](OC)C(=O)[C@H](C)C[C@H](C)/C=C/C=C/C=C/1C.Nc1ccn([C@@H]2O[C@H](CO)[C@@H](O)C2(F)F)c(=O)n1. The third-order valence-electron chi connectivity index (χ3n) is 17.1. The van der Waals surface area contributed by atoms with Crippen LogP contribution in [0.15, 0.2) is 64.7 Å². The Balaban J connectivity index is 0.000000590. The molecule has 0 radical (unpaired) electrons. The van der Waals surface area contributed by atoms with Crippen LogP contribution in [-0.4, -0.2) is 176 Å². The number of nitrogen functional groups attached to an aromatic ring is 1. The van der Waals surface area contributed by atoms with Crippen LogP contribution in [0, 0.1) is 35.5 Å². The number of amides is 1. The molecule has 5 heterocycles. The molecular formula is C60H90F2N4O17. The van der Waals surface area contributed by atoms with Crippen molar-refractivity contribution in [3.8, 4) is 0 Å². The molecule has 466 valence electrons. The van der Waals surface area contributed by atoms with Gasteiger partial charge in [0.15, 0.2) is 11.9 Å². The van der Waals surface area contributed by atoms with Crippen molar-refractivity contribution in [2.75, 3.05) is 40.2 Å². The molecule has 1 aromatic rings. The fourth-order valence-corrected chi connectivity index (χ4v) is 11.8. The molecule has 3 saturated heterocycles. The molecule has 6 rings (SSSR count). The standard InChI is InChI=1S/C51H79NO13.C9H11F2N3O4/c1-30-16-12-11-13-17-31(2)42(61-8)28-38-21-19-36(7)51(60,65-38)48(57)49(58)52-23-15-14-18-39(52)50(59)64-43(33(4)26-37-20-22-40(53)44(27-37)62-9)29-41(54)32(3)25-35(6)46(56)47(63-10)45(55)34(5)24-30;10-9(11)6(16)4(3-15)18-7(9)14-2-1-5(12)13-8(14)17/h11-13,16-17,25,30,32-34,36-40,42-44,46-47,53,56,60H,14-15,18-24,26-29H2,1-10H3;1-2,4,6-7,15-16H,3H2,(H2,12,13,17)/b13-11+,16-12+,31-17+,35-25+;/t30-,32-,33-,34-,36-,37+,38+,39+,40-,42+,43+,44-,46-,47+,51-;4-,6-,7-/m11/s1. The van der Waals surface area contributed by atoms with E-state index in [-0.39, 0.29) is 60.6 Å². The van der Waals surface area contributed by atoms with Gasteiger partial charge in [-0.2, -0.15) is 13.8 Å². The predicted octanol–water partition coefficient (Wildman–Crippen LogP) is 4.89. The number of rotatable bonds is 8. The number of cyclic esters (lactones) is 1. The first-order valence-electron chi connectivity index (χ1n) is 29.0. The van der Waals surface area contributed by atoms with Gasteiger partial charge in [0.1, 0.15) is 42.1 Å². The fourth-order valence-electron chi connectivity index (χ4n) is 11.8. The van der Waals surface area contributed by atoms with Crippen molar-refractivity contribution in [3.63, 3.8) is 0 Å². The molecule has 23 heteroatoms. The van der Waals surface area contributed by atoms with Gasteiger partial charge >= 0.3 is 17.6 Å². The second kappa shape index (κ2) is 30.9. The number of nitrogens with zero attached hydrogens (tertiary/aromatic N) is 3. The zero-order chi connectivity index (χ0) is 61.7. The average Bonchev–Trinajstić information content (AvgIpc) is 4.01. The molecule has 83 heavy (non-hydrogen) atoms. The molecule has 4 aliphatic heterocycles. The summed E-state index contributed by atoms with van der Waals surface area (Å²) in [6.45, 7) is 12.0. The molecule has 2 bridgehead atoms. The first-order chi connectivity index (χ1) is 39.1. The lowest BCUT2D eigenvalue weighted by Crippen LogP contribution is -2.61. The molecule has 7 N–H and O–H groups in total. The molecule has 5 aliphatic rings. The molecular weight excluding hydrogens is 1090 g/mol. The number of fused-ring (bicyclic) bond motifs is 3. The predicted molar refractivity (Wildman–Crippen MR) is 300 cm³/mol. The van der Waals surface area contributed by atoms with Crippen LogP contribution in [0.5, 0.6) is 0 Å². The summed E-state index contributed by atoms with van der Waals surface area (Å²) in [6, 6.07) is 0.0126. The van der Waals surface area contributed by atoms with Gasteiger partial charge in [0, 0.05) is 64.7 Å². The van der Waals surface area contributed by atoms with Gasteiger partial charge in [-0.15, -0.1) is 0 Å². The van der Waals surface area contributed by atoms with E-state index in [1.54, 1.807) is 41.1 Å². The molecule has 1 amide bonds.